The van der Waals surface area contributed by atoms with E-state index in [1.54, 1.807) is 7.11 Å². The molecular weight excluding hydrogens is 174 g/mol. The molecule has 0 aromatic heterocycles. The molecule has 1 aliphatic heterocycles. The number of para-hydroxylation sites is 1. The number of hydrogen-bond acceptors (Lipinski definition) is 2. The molecule has 14 heavy (non-hydrogen) atoms. The van der Waals surface area contributed by atoms with Crippen molar-refractivity contribution in [3.05, 3.63) is 42.0 Å². The lowest BCUT2D eigenvalue weighted by atomic mass is 10.1. The Morgan fingerprint density at radius 2 is 2.29 bits per heavy atom. The lowest BCUT2D eigenvalue weighted by Gasteiger charge is -2.12. The van der Waals surface area contributed by atoms with Crippen molar-refractivity contribution in [2.24, 2.45) is 0 Å². The summed E-state index contributed by atoms with van der Waals surface area (Å²) in [6.07, 6.45) is 5.38. The molecule has 1 atom stereocenters. The molecule has 0 bridgehead atoms. The summed E-state index contributed by atoms with van der Waals surface area (Å²) in [4.78, 5) is 0. The first kappa shape index (κ1) is 9.28. The van der Waals surface area contributed by atoms with Crippen LogP contribution in [0.15, 0.2) is 36.4 Å². The molecule has 2 heteroatoms. The minimum atomic E-state index is 0.464. The summed E-state index contributed by atoms with van der Waals surface area (Å²) in [5, 5.41) is 3.39. The minimum absolute atomic E-state index is 0.464. The highest BCUT2D eigenvalue weighted by molar-refractivity contribution is 5.34. The Balaban J connectivity index is 2.11. The second-order valence-electron chi connectivity index (χ2n) is 3.46. The molecule has 0 radical (unpaired) electrons. The van der Waals surface area contributed by atoms with Gasteiger partial charge in [-0.3, -0.25) is 0 Å². The van der Waals surface area contributed by atoms with Crippen LogP contribution < -0.4 is 10.1 Å². The monoisotopic (exact) mass is 189 g/mol. The predicted octanol–water partition coefficient (Wildman–Crippen LogP) is 1.77. The van der Waals surface area contributed by atoms with Gasteiger partial charge in [-0.1, -0.05) is 30.4 Å². The molecule has 1 N–H and O–H groups in total. The number of benzene rings is 1. The van der Waals surface area contributed by atoms with Gasteiger partial charge in [-0.15, -0.1) is 0 Å². The number of hydrogen-bond donors (Lipinski definition) is 1. The maximum absolute atomic E-state index is 5.30. The molecule has 1 aromatic rings. The molecule has 0 amide bonds. The number of methoxy groups -OCH3 is 1. The molecule has 2 nitrogen and oxygen atoms in total. The molecule has 0 spiro atoms. The summed E-state index contributed by atoms with van der Waals surface area (Å²) in [6.45, 7) is 0.986. The SMILES string of the molecule is COc1ccccc1CC1C=CCN1. The van der Waals surface area contributed by atoms with Crippen molar-refractivity contribution in [3.8, 4) is 5.75 Å². The normalized spacial score (nSPS) is 19.9. The molecule has 0 saturated heterocycles. The van der Waals surface area contributed by atoms with Crippen LogP contribution in [0.25, 0.3) is 0 Å². The van der Waals surface area contributed by atoms with Crippen LogP contribution >= 0.6 is 0 Å². The quantitative estimate of drug-likeness (QED) is 0.732. The van der Waals surface area contributed by atoms with Crippen molar-refractivity contribution in [1.82, 2.24) is 5.32 Å². The summed E-state index contributed by atoms with van der Waals surface area (Å²) in [5.74, 6) is 0.981. The zero-order valence-corrected chi connectivity index (χ0v) is 8.36. The molecular formula is C12H15NO. The molecule has 0 saturated carbocycles. The van der Waals surface area contributed by atoms with Crippen molar-refractivity contribution >= 4 is 0 Å². The van der Waals surface area contributed by atoms with Crippen molar-refractivity contribution < 1.29 is 4.74 Å². The van der Waals surface area contributed by atoms with Gasteiger partial charge in [0.05, 0.1) is 7.11 Å². The zero-order chi connectivity index (χ0) is 9.80. The molecule has 2 rings (SSSR count). The van der Waals surface area contributed by atoms with E-state index in [4.69, 9.17) is 4.74 Å². The average Bonchev–Trinajstić information content (AvgIpc) is 2.71. The molecule has 0 fully saturated rings. The predicted molar refractivity (Wildman–Crippen MR) is 57.6 cm³/mol. The lowest BCUT2D eigenvalue weighted by molar-refractivity contribution is 0.408. The Morgan fingerprint density at radius 3 is 3.00 bits per heavy atom. The van der Waals surface area contributed by atoms with Crippen LogP contribution in [0.1, 0.15) is 5.56 Å². The van der Waals surface area contributed by atoms with E-state index >= 15 is 0 Å². The molecule has 0 aliphatic carbocycles. The third-order valence-corrected chi connectivity index (χ3v) is 2.50. The van der Waals surface area contributed by atoms with E-state index < -0.39 is 0 Å². The number of ether oxygens (including phenoxy) is 1. The lowest BCUT2D eigenvalue weighted by Crippen LogP contribution is -2.24. The second kappa shape index (κ2) is 4.29. The van der Waals surface area contributed by atoms with Crippen LogP contribution in [0, 0.1) is 0 Å². The number of nitrogens with one attached hydrogen (secondary N) is 1. The average molecular weight is 189 g/mol. The summed E-state index contributed by atoms with van der Waals surface area (Å²) in [6, 6.07) is 8.64. The van der Waals surface area contributed by atoms with Gasteiger partial charge in [-0.2, -0.15) is 0 Å². The molecule has 1 aromatic carbocycles. The fraction of sp³-hybridized carbons (Fsp3) is 0.333. The van der Waals surface area contributed by atoms with Gasteiger partial charge >= 0.3 is 0 Å². The van der Waals surface area contributed by atoms with Crippen LogP contribution in [0.4, 0.5) is 0 Å². The summed E-state index contributed by atoms with van der Waals surface area (Å²) >= 11 is 0. The van der Waals surface area contributed by atoms with Gasteiger partial charge in [0, 0.05) is 12.6 Å². The topological polar surface area (TPSA) is 21.3 Å². The summed E-state index contributed by atoms with van der Waals surface area (Å²) in [5.41, 5.74) is 1.26. The Morgan fingerprint density at radius 1 is 1.43 bits per heavy atom. The standard InChI is InChI=1S/C12H15NO/c1-14-12-7-3-2-5-10(12)9-11-6-4-8-13-11/h2-7,11,13H,8-9H2,1H3. The minimum Gasteiger partial charge on any atom is -0.496 e. The van der Waals surface area contributed by atoms with E-state index in [2.05, 4.69) is 29.6 Å². The van der Waals surface area contributed by atoms with Crippen LogP contribution in [0.3, 0.4) is 0 Å². The Labute approximate surface area is 84.6 Å². The van der Waals surface area contributed by atoms with E-state index in [0.29, 0.717) is 6.04 Å². The molecule has 1 aliphatic rings. The zero-order valence-electron chi connectivity index (χ0n) is 8.36. The second-order valence-corrected chi connectivity index (χ2v) is 3.46. The van der Waals surface area contributed by atoms with E-state index in [-0.39, 0.29) is 0 Å². The van der Waals surface area contributed by atoms with Crippen LogP contribution in [0.2, 0.25) is 0 Å². The first-order valence-corrected chi connectivity index (χ1v) is 4.92. The fourth-order valence-corrected chi connectivity index (χ4v) is 1.77. The van der Waals surface area contributed by atoms with Gasteiger partial charge in [0.1, 0.15) is 5.75 Å². The van der Waals surface area contributed by atoms with Crippen LogP contribution in [-0.2, 0) is 6.42 Å². The third kappa shape index (κ3) is 1.96. The molecule has 1 heterocycles. The maximum atomic E-state index is 5.30. The van der Waals surface area contributed by atoms with E-state index in [0.717, 1.165) is 18.7 Å². The van der Waals surface area contributed by atoms with Crippen molar-refractivity contribution in [2.75, 3.05) is 13.7 Å². The molecule has 1 unspecified atom stereocenters. The van der Waals surface area contributed by atoms with E-state index in [9.17, 15) is 0 Å². The van der Waals surface area contributed by atoms with Crippen LogP contribution in [0.5, 0.6) is 5.75 Å². The van der Waals surface area contributed by atoms with Crippen molar-refractivity contribution in [2.45, 2.75) is 12.5 Å². The largest absolute Gasteiger partial charge is 0.496 e. The summed E-state index contributed by atoms with van der Waals surface area (Å²) in [7, 11) is 1.72. The van der Waals surface area contributed by atoms with Gasteiger partial charge in [0.15, 0.2) is 0 Å². The van der Waals surface area contributed by atoms with Gasteiger partial charge in [0.2, 0.25) is 0 Å². The van der Waals surface area contributed by atoms with E-state index in [1.165, 1.54) is 5.56 Å². The van der Waals surface area contributed by atoms with Crippen molar-refractivity contribution in [3.63, 3.8) is 0 Å². The first-order valence-electron chi connectivity index (χ1n) is 4.92. The van der Waals surface area contributed by atoms with E-state index in [1.807, 2.05) is 12.1 Å². The van der Waals surface area contributed by atoms with Gasteiger partial charge in [0.25, 0.3) is 0 Å². The highest BCUT2D eigenvalue weighted by Crippen LogP contribution is 2.19. The maximum Gasteiger partial charge on any atom is 0.122 e. The molecule has 74 valence electrons. The fourth-order valence-electron chi connectivity index (χ4n) is 1.77. The highest BCUT2D eigenvalue weighted by Gasteiger charge is 2.11. The van der Waals surface area contributed by atoms with Crippen molar-refractivity contribution in [1.29, 1.82) is 0 Å². The van der Waals surface area contributed by atoms with Gasteiger partial charge in [-0.05, 0) is 18.1 Å². The van der Waals surface area contributed by atoms with Gasteiger partial charge < -0.3 is 10.1 Å². The Bertz CT molecular complexity index is 333. The Hall–Kier alpha value is -1.28. The highest BCUT2D eigenvalue weighted by atomic mass is 16.5. The number of rotatable bonds is 3. The Kier molecular flexibility index (Phi) is 2.84. The van der Waals surface area contributed by atoms with Crippen LogP contribution in [-0.4, -0.2) is 19.7 Å². The third-order valence-electron chi connectivity index (χ3n) is 2.50. The summed E-state index contributed by atoms with van der Waals surface area (Å²) < 4.78 is 5.30. The smallest absolute Gasteiger partial charge is 0.122 e. The van der Waals surface area contributed by atoms with Gasteiger partial charge in [-0.25, -0.2) is 0 Å². The first-order chi connectivity index (χ1) is 6.90.